The number of nitrogens with zero attached hydrogens (tertiary/aromatic N) is 1. The van der Waals surface area contributed by atoms with Gasteiger partial charge in [0.1, 0.15) is 16.8 Å². The molecule has 2 N–H and O–H groups in total. The Balaban J connectivity index is 1.67. The first kappa shape index (κ1) is 23.8. The van der Waals surface area contributed by atoms with Gasteiger partial charge in [-0.15, -0.1) is 11.3 Å². The fourth-order valence-corrected chi connectivity index (χ4v) is 4.28. The summed E-state index contributed by atoms with van der Waals surface area (Å²) in [7, 11) is 1.51. The molecule has 0 aliphatic heterocycles. The van der Waals surface area contributed by atoms with Crippen molar-refractivity contribution < 1.29 is 14.3 Å². The van der Waals surface area contributed by atoms with Gasteiger partial charge in [-0.05, 0) is 37.1 Å². The Hall–Kier alpha value is -2.90. The number of para-hydroxylation sites is 1. The molecule has 0 aliphatic carbocycles. The molecule has 1 heterocycles. The van der Waals surface area contributed by atoms with Crippen molar-refractivity contribution in [3.05, 3.63) is 69.0 Å². The van der Waals surface area contributed by atoms with E-state index in [2.05, 4.69) is 15.6 Å². The Bertz CT molecular complexity index is 1100. The molecule has 0 saturated carbocycles. The minimum absolute atomic E-state index is 0.101. The quantitative estimate of drug-likeness (QED) is 0.492. The van der Waals surface area contributed by atoms with Crippen LogP contribution in [0.5, 0.6) is 5.75 Å². The summed E-state index contributed by atoms with van der Waals surface area (Å²) in [5, 5.41) is 7.20. The molecule has 0 bridgehead atoms. The highest BCUT2D eigenvalue weighted by Crippen LogP contribution is 2.28. The van der Waals surface area contributed by atoms with Crippen molar-refractivity contribution in [3.63, 3.8) is 0 Å². The largest absolute Gasteiger partial charge is 0.496 e. The molecule has 0 spiro atoms. The second kappa shape index (κ2) is 10.6. The number of hydrogen-bond donors (Lipinski definition) is 2. The molecule has 0 saturated heterocycles. The van der Waals surface area contributed by atoms with Gasteiger partial charge in [-0.3, -0.25) is 9.59 Å². The number of thiazole rings is 1. The summed E-state index contributed by atoms with van der Waals surface area (Å²) in [6.07, 6.45) is 0. The van der Waals surface area contributed by atoms with E-state index in [0.717, 1.165) is 21.1 Å². The molecule has 0 aliphatic rings. The Morgan fingerprint density at radius 2 is 1.81 bits per heavy atom. The first-order valence-electron chi connectivity index (χ1n) is 10.2. The van der Waals surface area contributed by atoms with Crippen LogP contribution in [0.3, 0.4) is 0 Å². The maximum atomic E-state index is 12.9. The zero-order valence-electron chi connectivity index (χ0n) is 18.4. The van der Waals surface area contributed by atoms with Crippen molar-refractivity contribution in [2.45, 2.75) is 33.4 Å². The van der Waals surface area contributed by atoms with Gasteiger partial charge in [-0.2, -0.15) is 0 Å². The molecule has 1 aromatic heterocycles. The maximum Gasteiger partial charge on any atom is 0.255 e. The lowest BCUT2D eigenvalue weighted by Gasteiger charge is -2.22. The van der Waals surface area contributed by atoms with Crippen LogP contribution in [0.4, 0.5) is 0 Å². The van der Waals surface area contributed by atoms with Gasteiger partial charge in [0.2, 0.25) is 5.91 Å². The van der Waals surface area contributed by atoms with E-state index in [9.17, 15) is 9.59 Å². The zero-order valence-corrected chi connectivity index (χ0v) is 20.0. The number of amides is 2. The summed E-state index contributed by atoms with van der Waals surface area (Å²) in [5.41, 5.74) is 2.24. The molecule has 3 rings (SSSR count). The number of hydrogen-bond acceptors (Lipinski definition) is 5. The number of carbonyl (C=O) groups is 2. The van der Waals surface area contributed by atoms with Gasteiger partial charge in [-0.25, -0.2) is 4.98 Å². The summed E-state index contributed by atoms with van der Waals surface area (Å²) in [4.78, 5) is 31.4. The van der Waals surface area contributed by atoms with Crippen molar-refractivity contribution in [2.24, 2.45) is 5.92 Å². The molecule has 8 heteroatoms. The molecule has 3 aromatic rings. The number of carbonyl (C=O) groups excluding carboxylic acids is 2. The van der Waals surface area contributed by atoms with Crippen LogP contribution in [0.15, 0.2) is 48.5 Å². The van der Waals surface area contributed by atoms with Gasteiger partial charge < -0.3 is 15.4 Å². The lowest BCUT2D eigenvalue weighted by Crippen LogP contribution is -2.49. The lowest BCUT2D eigenvalue weighted by molar-refractivity contribution is -0.124. The second-order valence-electron chi connectivity index (χ2n) is 7.63. The van der Waals surface area contributed by atoms with Crippen molar-refractivity contribution in [1.82, 2.24) is 15.6 Å². The average Bonchev–Trinajstić information content (AvgIpc) is 3.16. The predicted octanol–water partition coefficient (Wildman–Crippen LogP) is 4.85. The zero-order chi connectivity index (χ0) is 23.3. The monoisotopic (exact) mass is 471 g/mol. The molecule has 0 fully saturated rings. The van der Waals surface area contributed by atoms with Crippen LogP contribution in [-0.2, 0) is 11.3 Å². The van der Waals surface area contributed by atoms with Crippen LogP contribution in [-0.4, -0.2) is 29.9 Å². The number of aromatic nitrogens is 1. The lowest BCUT2D eigenvalue weighted by atomic mass is 10.0. The normalized spacial score (nSPS) is 11.8. The number of halogens is 1. The summed E-state index contributed by atoms with van der Waals surface area (Å²) in [6.45, 7) is 6.06. The Morgan fingerprint density at radius 1 is 1.12 bits per heavy atom. The van der Waals surface area contributed by atoms with E-state index < -0.39 is 6.04 Å². The number of rotatable bonds is 8. The third kappa shape index (κ3) is 5.66. The average molecular weight is 472 g/mol. The van der Waals surface area contributed by atoms with E-state index in [1.54, 1.807) is 24.3 Å². The van der Waals surface area contributed by atoms with E-state index in [4.69, 9.17) is 16.3 Å². The molecule has 0 radical (unpaired) electrons. The van der Waals surface area contributed by atoms with Gasteiger partial charge >= 0.3 is 0 Å². The van der Waals surface area contributed by atoms with Crippen LogP contribution >= 0.6 is 22.9 Å². The molecular formula is C24H26ClN3O3S. The van der Waals surface area contributed by atoms with Crippen molar-refractivity contribution in [3.8, 4) is 17.0 Å². The number of methoxy groups -OCH3 is 1. The van der Waals surface area contributed by atoms with E-state index in [0.29, 0.717) is 16.3 Å². The van der Waals surface area contributed by atoms with Gasteiger partial charge in [0.15, 0.2) is 0 Å². The first-order chi connectivity index (χ1) is 15.3. The molecule has 1 atom stereocenters. The van der Waals surface area contributed by atoms with Gasteiger partial charge in [-0.1, -0.05) is 49.7 Å². The van der Waals surface area contributed by atoms with Crippen LogP contribution < -0.4 is 15.4 Å². The number of aryl methyl sites for hydroxylation is 1. The predicted molar refractivity (Wildman–Crippen MR) is 128 cm³/mol. The van der Waals surface area contributed by atoms with E-state index in [1.807, 2.05) is 45.0 Å². The molecule has 32 heavy (non-hydrogen) atoms. The summed E-state index contributed by atoms with van der Waals surface area (Å²) in [5.74, 6) is -0.257. The van der Waals surface area contributed by atoms with Crippen LogP contribution in [0, 0.1) is 12.8 Å². The maximum absolute atomic E-state index is 12.9. The molecule has 2 amide bonds. The fraction of sp³-hybridized carbons (Fsp3) is 0.292. The van der Waals surface area contributed by atoms with Crippen molar-refractivity contribution >= 4 is 34.8 Å². The fourth-order valence-electron chi connectivity index (χ4n) is 3.26. The molecule has 168 valence electrons. The number of ether oxygens (including phenoxy) is 1. The van der Waals surface area contributed by atoms with E-state index in [1.165, 1.54) is 18.4 Å². The number of benzene rings is 2. The Kier molecular flexibility index (Phi) is 7.88. The molecule has 1 unspecified atom stereocenters. The number of nitrogens with one attached hydrogen (secondary N) is 2. The molecular weight excluding hydrogens is 446 g/mol. The highest BCUT2D eigenvalue weighted by molar-refractivity contribution is 7.12. The Morgan fingerprint density at radius 3 is 2.47 bits per heavy atom. The van der Waals surface area contributed by atoms with Crippen LogP contribution in [0.25, 0.3) is 11.3 Å². The minimum Gasteiger partial charge on any atom is -0.496 e. The molecule has 6 nitrogen and oxygen atoms in total. The van der Waals surface area contributed by atoms with E-state index >= 15 is 0 Å². The van der Waals surface area contributed by atoms with Gasteiger partial charge in [0.25, 0.3) is 5.91 Å². The van der Waals surface area contributed by atoms with Gasteiger partial charge in [0, 0.05) is 15.5 Å². The van der Waals surface area contributed by atoms with Crippen molar-refractivity contribution in [1.29, 1.82) is 0 Å². The third-order valence-electron chi connectivity index (χ3n) is 4.96. The van der Waals surface area contributed by atoms with Gasteiger partial charge in [0.05, 0.1) is 24.9 Å². The second-order valence-corrected chi connectivity index (χ2v) is 9.36. The van der Waals surface area contributed by atoms with Crippen molar-refractivity contribution in [2.75, 3.05) is 7.11 Å². The smallest absolute Gasteiger partial charge is 0.255 e. The van der Waals surface area contributed by atoms with Crippen LogP contribution in [0.2, 0.25) is 5.02 Å². The third-order valence-corrected chi connectivity index (χ3v) is 6.18. The minimum atomic E-state index is -0.691. The SMILES string of the molecule is COc1ccccc1C(=O)NC(C(=O)NCc1nc(-c2ccc(Cl)cc2)c(C)s1)C(C)C. The highest BCUT2D eigenvalue weighted by atomic mass is 35.5. The summed E-state index contributed by atoms with van der Waals surface area (Å²) in [6, 6.07) is 13.7. The highest BCUT2D eigenvalue weighted by Gasteiger charge is 2.26. The Labute approximate surface area is 197 Å². The standard InChI is InChI=1S/C24H26ClN3O3S/c1-14(2)21(28-23(29)18-7-5-6-8-19(18)31-4)24(30)26-13-20-27-22(15(3)32-20)16-9-11-17(25)12-10-16/h5-12,14,21H,13H2,1-4H3,(H,26,30)(H,28,29). The first-order valence-corrected chi connectivity index (χ1v) is 11.4. The van der Waals surface area contributed by atoms with Crippen LogP contribution in [0.1, 0.15) is 34.1 Å². The summed E-state index contributed by atoms with van der Waals surface area (Å²) >= 11 is 7.50. The topological polar surface area (TPSA) is 80.3 Å². The molecule has 2 aromatic carbocycles. The van der Waals surface area contributed by atoms with E-state index in [-0.39, 0.29) is 24.3 Å². The summed E-state index contributed by atoms with van der Waals surface area (Å²) < 4.78 is 5.26.